The van der Waals surface area contributed by atoms with Gasteiger partial charge in [-0.25, -0.2) is 4.99 Å². The average molecular weight is 220 g/mol. The van der Waals surface area contributed by atoms with Crippen molar-refractivity contribution in [1.82, 2.24) is 5.32 Å². The number of aliphatic imine (C=N–C) groups is 1. The number of rotatable bonds is 4. The van der Waals surface area contributed by atoms with E-state index in [1.54, 1.807) is 24.3 Å². The van der Waals surface area contributed by atoms with Crippen LogP contribution >= 0.6 is 0 Å². The Bertz CT molecular complexity index is 379. The second-order valence-corrected chi connectivity index (χ2v) is 3.34. The number of hydrogen-bond donors (Lipinski definition) is 3. The van der Waals surface area contributed by atoms with Crippen molar-refractivity contribution in [3.63, 3.8) is 0 Å². The first-order chi connectivity index (χ1) is 7.63. The number of benzene rings is 1. The number of amides is 1. The predicted octanol–water partition coefficient (Wildman–Crippen LogP) is 0.731. The van der Waals surface area contributed by atoms with Gasteiger partial charge in [0.25, 0.3) is 5.91 Å². The fourth-order valence-corrected chi connectivity index (χ4v) is 1.18. The van der Waals surface area contributed by atoms with Gasteiger partial charge in [0.1, 0.15) is 0 Å². The Hall–Kier alpha value is -2.04. The van der Waals surface area contributed by atoms with Gasteiger partial charge in [-0.3, -0.25) is 4.79 Å². The summed E-state index contributed by atoms with van der Waals surface area (Å²) in [5.41, 5.74) is 11.7. The third kappa shape index (κ3) is 3.61. The highest BCUT2D eigenvalue weighted by Gasteiger charge is 2.03. The Labute approximate surface area is 94.5 Å². The first-order valence-corrected chi connectivity index (χ1v) is 5.11. The molecular weight excluding hydrogens is 204 g/mol. The van der Waals surface area contributed by atoms with Crippen LogP contribution in [0.25, 0.3) is 0 Å². The molecule has 0 heterocycles. The quantitative estimate of drug-likeness (QED) is 0.516. The molecule has 5 N–H and O–H groups in total. The molecule has 0 radical (unpaired) electrons. The van der Waals surface area contributed by atoms with Gasteiger partial charge < -0.3 is 16.8 Å². The molecule has 0 saturated carbocycles. The fraction of sp³-hybridized carbons (Fsp3) is 0.273. The summed E-state index contributed by atoms with van der Waals surface area (Å²) in [4.78, 5) is 15.4. The summed E-state index contributed by atoms with van der Waals surface area (Å²) in [7, 11) is 0. The van der Waals surface area contributed by atoms with Crippen molar-refractivity contribution in [3.05, 3.63) is 29.8 Å². The number of carbonyl (C=O) groups is 1. The summed E-state index contributed by atoms with van der Waals surface area (Å²) in [5, 5.41) is 2.78. The zero-order chi connectivity index (χ0) is 12.0. The third-order valence-electron chi connectivity index (χ3n) is 1.92. The molecule has 16 heavy (non-hydrogen) atoms. The van der Waals surface area contributed by atoms with Gasteiger partial charge in [0.15, 0.2) is 5.96 Å². The van der Waals surface area contributed by atoms with Crippen LogP contribution in [0, 0.1) is 0 Å². The van der Waals surface area contributed by atoms with Gasteiger partial charge in [-0.15, -0.1) is 0 Å². The minimum atomic E-state index is -0.0851. The van der Waals surface area contributed by atoms with E-state index in [4.69, 9.17) is 11.5 Å². The maximum absolute atomic E-state index is 11.5. The van der Waals surface area contributed by atoms with E-state index in [0.717, 1.165) is 6.42 Å². The van der Waals surface area contributed by atoms with E-state index >= 15 is 0 Å². The SMILES string of the molecule is CCCNC(=O)c1ccc(N=C(N)N)cc1. The van der Waals surface area contributed by atoms with Crippen LogP contribution in [0.5, 0.6) is 0 Å². The molecule has 5 nitrogen and oxygen atoms in total. The molecule has 86 valence electrons. The van der Waals surface area contributed by atoms with Crippen molar-refractivity contribution in [2.24, 2.45) is 16.5 Å². The fourth-order valence-electron chi connectivity index (χ4n) is 1.18. The number of hydrogen-bond acceptors (Lipinski definition) is 2. The predicted molar refractivity (Wildman–Crippen MR) is 64.5 cm³/mol. The smallest absolute Gasteiger partial charge is 0.251 e. The van der Waals surface area contributed by atoms with E-state index in [2.05, 4.69) is 10.3 Å². The number of nitrogens with two attached hydrogens (primary N) is 2. The highest BCUT2D eigenvalue weighted by atomic mass is 16.1. The van der Waals surface area contributed by atoms with Crippen molar-refractivity contribution in [1.29, 1.82) is 0 Å². The maximum atomic E-state index is 11.5. The van der Waals surface area contributed by atoms with Gasteiger partial charge >= 0.3 is 0 Å². The van der Waals surface area contributed by atoms with E-state index in [0.29, 0.717) is 17.8 Å². The van der Waals surface area contributed by atoms with E-state index in [9.17, 15) is 4.79 Å². The summed E-state index contributed by atoms with van der Waals surface area (Å²) < 4.78 is 0. The Morgan fingerprint density at radius 2 is 1.94 bits per heavy atom. The second-order valence-electron chi connectivity index (χ2n) is 3.34. The molecule has 0 atom stereocenters. The normalized spacial score (nSPS) is 9.56. The highest BCUT2D eigenvalue weighted by molar-refractivity contribution is 5.94. The molecule has 1 rings (SSSR count). The molecule has 0 fully saturated rings. The zero-order valence-electron chi connectivity index (χ0n) is 9.23. The van der Waals surface area contributed by atoms with Crippen molar-refractivity contribution >= 4 is 17.6 Å². The van der Waals surface area contributed by atoms with Crippen molar-refractivity contribution in [2.75, 3.05) is 6.54 Å². The van der Waals surface area contributed by atoms with E-state index in [1.807, 2.05) is 6.92 Å². The Balaban J connectivity index is 2.71. The number of guanidine groups is 1. The molecule has 1 amide bonds. The maximum Gasteiger partial charge on any atom is 0.251 e. The average Bonchev–Trinajstić information content (AvgIpc) is 2.26. The monoisotopic (exact) mass is 220 g/mol. The van der Waals surface area contributed by atoms with Gasteiger partial charge in [-0.2, -0.15) is 0 Å². The molecule has 0 bridgehead atoms. The standard InChI is InChI=1S/C11H16N4O/c1-2-7-14-10(16)8-3-5-9(6-4-8)15-11(12)13/h3-6H,2,7H2,1H3,(H,14,16)(H4,12,13,15). The topological polar surface area (TPSA) is 93.5 Å². The molecule has 0 unspecified atom stereocenters. The van der Waals surface area contributed by atoms with Gasteiger partial charge in [0.05, 0.1) is 5.69 Å². The molecule has 0 saturated heterocycles. The lowest BCUT2D eigenvalue weighted by Gasteiger charge is -2.03. The minimum Gasteiger partial charge on any atom is -0.370 e. The van der Waals surface area contributed by atoms with Crippen LogP contribution in [0.2, 0.25) is 0 Å². The largest absolute Gasteiger partial charge is 0.370 e. The molecule has 1 aromatic rings. The van der Waals surface area contributed by atoms with Gasteiger partial charge in [0, 0.05) is 12.1 Å². The highest BCUT2D eigenvalue weighted by Crippen LogP contribution is 2.12. The van der Waals surface area contributed by atoms with Gasteiger partial charge in [-0.1, -0.05) is 6.92 Å². The summed E-state index contributed by atoms with van der Waals surface area (Å²) in [6.45, 7) is 2.68. The molecule has 0 aliphatic carbocycles. The Morgan fingerprint density at radius 3 is 2.44 bits per heavy atom. The Kier molecular flexibility index (Phi) is 4.32. The zero-order valence-corrected chi connectivity index (χ0v) is 9.23. The molecule has 0 aliphatic rings. The summed E-state index contributed by atoms with van der Waals surface area (Å²) in [6, 6.07) is 6.76. The lowest BCUT2D eigenvalue weighted by Crippen LogP contribution is -2.23. The number of carbonyl (C=O) groups excluding carboxylic acids is 1. The van der Waals surface area contributed by atoms with Crippen LogP contribution < -0.4 is 16.8 Å². The first-order valence-electron chi connectivity index (χ1n) is 5.11. The molecule has 5 heteroatoms. The van der Waals surface area contributed by atoms with Crippen LogP contribution in [0.4, 0.5) is 5.69 Å². The second kappa shape index (κ2) is 5.75. The van der Waals surface area contributed by atoms with Gasteiger partial charge in [0.2, 0.25) is 0 Å². The minimum absolute atomic E-state index is 0.00295. The number of nitrogens with zero attached hydrogens (tertiary/aromatic N) is 1. The third-order valence-corrected chi connectivity index (χ3v) is 1.92. The molecule has 0 spiro atoms. The summed E-state index contributed by atoms with van der Waals surface area (Å²) >= 11 is 0. The van der Waals surface area contributed by atoms with Crippen LogP contribution in [-0.2, 0) is 0 Å². The molecule has 1 aromatic carbocycles. The lowest BCUT2D eigenvalue weighted by atomic mass is 10.2. The van der Waals surface area contributed by atoms with Crippen molar-refractivity contribution in [2.45, 2.75) is 13.3 Å². The van der Waals surface area contributed by atoms with Crippen molar-refractivity contribution in [3.8, 4) is 0 Å². The summed E-state index contributed by atoms with van der Waals surface area (Å²) in [5.74, 6) is -0.0821. The molecule has 0 aromatic heterocycles. The van der Waals surface area contributed by atoms with E-state index in [-0.39, 0.29) is 11.9 Å². The lowest BCUT2D eigenvalue weighted by molar-refractivity contribution is 0.0953. The first kappa shape index (κ1) is 12.0. The van der Waals surface area contributed by atoms with Crippen LogP contribution in [-0.4, -0.2) is 18.4 Å². The molecular formula is C11H16N4O. The molecule has 0 aliphatic heterocycles. The van der Waals surface area contributed by atoms with Crippen LogP contribution in [0.3, 0.4) is 0 Å². The van der Waals surface area contributed by atoms with Crippen molar-refractivity contribution < 1.29 is 4.79 Å². The van der Waals surface area contributed by atoms with Crippen LogP contribution in [0.15, 0.2) is 29.3 Å². The van der Waals surface area contributed by atoms with E-state index < -0.39 is 0 Å². The Morgan fingerprint density at radius 1 is 1.31 bits per heavy atom. The summed E-state index contributed by atoms with van der Waals surface area (Å²) in [6.07, 6.45) is 0.915. The van der Waals surface area contributed by atoms with Crippen LogP contribution in [0.1, 0.15) is 23.7 Å². The number of nitrogens with one attached hydrogen (secondary N) is 1. The van der Waals surface area contributed by atoms with Gasteiger partial charge in [-0.05, 0) is 30.7 Å². The van der Waals surface area contributed by atoms with E-state index in [1.165, 1.54) is 0 Å².